The van der Waals surface area contributed by atoms with Crippen molar-refractivity contribution in [2.24, 2.45) is 7.05 Å². The summed E-state index contributed by atoms with van der Waals surface area (Å²) in [5, 5.41) is 11.7. The lowest BCUT2D eigenvalue weighted by molar-refractivity contribution is -0.136. The van der Waals surface area contributed by atoms with E-state index in [2.05, 4.69) is 21.0 Å². The highest BCUT2D eigenvalue weighted by atomic mass is 79.9. The van der Waals surface area contributed by atoms with Gasteiger partial charge in [-0.05, 0) is 28.1 Å². The second kappa shape index (κ2) is 4.50. The number of carboxylic acids is 1. The van der Waals surface area contributed by atoms with Gasteiger partial charge in [0.25, 0.3) is 5.56 Å². The maximum Gasteiger partial charge on any atom is 0.308 e. The van der Waals surface area contributed by atoms with E-state index in [1.807, 2.05) is 12.1 Å². The van der Waals surface area contributed by atoms with Crippen molar-refractivity contribution in [1.82, 2.24) is 9.78 Å². The van der Waals surface area contributed by atoms with Crippen LogP contribution in [0.4, 0.5) is 0 Å². The molecule has 90 valence electrons. The number of aliphatic carboxylic acids is 1. The minimum Gasteiger partial charge on any atom is -0.481 e. The van der Waals surface area contributed by atoms with Crippen molar-refractivity contribution >= 4 is 33.2 Å². The monoisotopic (exact) mass is 316 g/mol. The number of hydrogen-bond acceptors (Lipinski definition) is 3. The van der Waals surface area contributed by atoms with Gasteiger partial charge in [-0.1, -0.05) is 0 Å². The van der Waals surface area contributed by atoms with E-state index in [1.165, 1.54) is 16.0 Å². The van der Waals surface area contributed by atoms with Crippen LogP contribution in [0.15, 0.2) is 20.7 Å². The van der Waals surface area contributed by atoms with Crippen LogP contribution in [-0.4, -0.2) is 20.9 Å². The SMILES string of the molecule is Cn1[nH]c(-c2ccc(Br)s2)c(CC(=O)O)c1=O. The molecule has 2 aromatic rings. The van der Waals surface area contributed by atoms with Crippen LogP contribution in [-0.2, 0) is 18.3 Å². The molecule has 0 unspecified atom stereocenters. The van der Waals surface area contributed by atoms with E-state index in [0.717, 1.165) is 8.66 Å². The molecule has 0 spiro atoms. The zero-order valence-electron chi connectivity index (χ0n) is 8.86. The molecule has 2 aromatic heterocycles. The molecule has 0 aromatic carbocycles. The third-order valence-corrected chi connectivity index (χ3v) is 3.93. The molecule has 0 radical (unpaired) electrons. The van der Waals surface area contributed by atoms with Crippen LogP contribution in [0.2, 0.25) is 0 Å². The molecule has 0 fully saturated rings. The highest BCUT2D eigenvalue weighted by molar-refractivity contribution is 9.11. The van der Waals surface area contributed by atoms with E-state index >= 15 is 0 Å². The Morgan fingerprint density at radius 2 is 2.29 bits per heavy atom. The fourth-order valence-electron chi connectivity index (χ4n) is 1.56. The maximum atomic E-state index is 11.8. The van der Waals surface area contributed by atoms with Crippen molar-refractivity contribution in [3.8, 4) is 10.6 Å². The van der Waals surface area contributed by atoms with E-state index in [9.17, 15) is 9.59 Å². The van der Waals surface area contributed by atoms with Gasteiger partial charge in [0, 0.05) is 7.05 Å². The fourth-order valence-corrected chi connectivity index (χ4v) is 2.97. The number of carbonyl (C=O) groups is 1. The number of aromatic amines is 1. The van der Waals surface area contributed by atoms with Crippen molar-refractivity contribution in [1.29, 1.82) is 0 Å². The molecular weight excluding hydrogens is 308 g/mol. The molecule has 0 saturated heterocycles. The largest absolute Gasteiger partial charge is 0.481 e. The van der Waals surface area contributed by atoms with Crippen molar-refractivity contribution < 1.29 is 9.90 Å². The van der Waals surface area contributed by atoms with Crippen molar-refractivity contribution in [2.45, 2.75) is 6.42 Å². The molecular formula is C10H9BrN2O3S. The van der Waals surface area contributed by atoms with Gasteiger partial charge >= 0.3 is 5.97 Å². The van der Waals surface area contributed by atoms with E-state index in [-0.39, 0.29) is 17.5 Å². The minimum absolute atomic E-state index is 0.277. The van der Waals surface area contributed by atoms with Crippen LogP contribution in [0.5, 0.6) is 0 Å². The first-order valence-electron chi connectivity index (χ1n) is 4.74. The van der Waals surface area contributed by atoms with Gasteiger partial charge < -0.3 is 5.11 Å². The molecule has 2 N–H and O–H groups in total. The van der Waals surface area contributed by atoms with Gasteiger partial charge in [-0.2, -0.15) is 0 Å². The standard InChI is InChI=1S/C10H9BrN2O3S/c1-13-10(16)5(4-8(14)15)9(12-13)6-2-3-7(11)17-6/h2-3,12H,4H2,1H3,(H,14,15). The van der Waals surface area contributed by atoms with Gasteiger partial charge in [0.15, 0.2) is 0 Å². The number of nitrogens with zero attached hydrogens (tertiary/aromatic N) is 1. The Morgan fingerprint density at radius 1 is 1.59 bits per heavy atom. The summed E-state index contributed by atoms with van der Waals surface area (Å²) in [7, 11) is 1.57. The first kappa shape index (κ1) is 12.1. The Kier molecular flexibility index (Phi) is 3.21. The topological polar surface area (TPSA) is 75.1 Å². The average molecular weight is 317 g/mol. The van der Waals surface area contributed by atoms with Gasteiger partial charge in [0.05, 0.1) is 26.3 Å². The van der Waals surface area contributed by atoms with E-state index in [4.69, 9.17) is 5.11 Å². The third kappa shape index (κ3) is 2.34. The lowest BCUT2D eigenvalue weighted by Crippen LogP contribution is -2.17. The number of carboxylic acid groups (broad SMARTS) is 1. The number of thiophene rings is 1. The predicted molar refractivity (Wildman–Crippen MR) is 68.4 cm³/mol. The van der Waals surface area contributed by atoms with Gasteiger partial charge in [-0.25, -0.2) is 0 Å². The van der Waals surface area contributed by atoms with Crippen molar-refractivity contribution in [2.75, 3.05) is 0 Å². The summed E-state index contributed by atoms with van der Waals surface area (Å²) in [6.45, 7) is 0. The Bertz CT molecular complexity index is 626. The summed E-state index contributed by atoms with van der Waals surface area (Å²) in [4.78, 5) is 23.4. The lowest BCUT2D eigenvalue weighted by atomic mass is 10.1. The Morgan fingerprint density at radius 3 is 2.82 bits per heavy atom. The summed E-state index contributed by atoms with van der Waals surface area (Å²) in [5.74, 6) is -1.02. The first-order chi connectivity index (χ1) is 7.99. The zero-order chi connectivity index (χ0) is 12.6. The molecule has 0 aliphatic rings. The third-order valence-electron chi connectivity index (χ3n) is 2.29. The second-order valence-corrected chi connectivity index (χ2v) is 5.97. The molecule has 0 aliphatic heterocycles. The van der Waals surface area contributed by atoms with Crippen LogP contribution in [0, 0.1) is 0 Å². The Labute approximate surface area is 109 Å². The molecule has 0 amide bonds. The summed E-state index contributed by atoms with van der Waals surface area (Å²) in [5.41, 5.74) is 0.567. The summed E-state index contributed by atoms with van der Waals surface area (Å²) in [6, 6.07) is 3.70. The van der Waals surface area contributed by atoms with Gasteiger partial charge in [-0.15, -0.1) is 11.3 Å². The lowest BCUT2D eigenvalue weighted by Gasteiger charge is -1.95. The molecule has 2 rings (SSSR count). The number of aryl methyl sites for hydroxylation is 1. The van der Waals surface area contributed by atoms with E-state index in [0.29, 0.717) is 5.69 Å². The number of H-pyrrole nitrogens is 1. The van der Waals surface area contributed by atoms with Crippen molar-refractivity contribution in [3.05, 3.63) is 31.8 Å². The predicted octanol–water partition coefficient (Wildman–Crippen LogP) is 1.83. The summed E-state index contributed by atoms with van der Waals surface area (Å²) < 4.78 is 2.22. The fraction of sp³-hybridized carbons (Fsp3) is 0.200. The summed E-state index contributed by atoms with van der Waals surface area (Å²) >= 11 is 4.78. The average Bonchev–Trinajstić information content (AvgIpc) is 2.77. The van der Waals surface area contributed by atoms with Crippen LogP contribution in [0.3, 0.4) is 0 Å². The number of halogens is 1. The number of rotatable bonds is 3. The number of nitrogens with one attached hydrogen (secondary N) is 1. The normalized spacial score (nSPS) is 10.7. The molecule has 0 aliphatic carbocycles. The van der Waals surface area contributed by atoms with Crippen molar-refractivity contribution in [3.63, 3.8) is 0 Å². The van der Waals surface area contributed by atoms with E-state index in [1.54, 1.807) is 7.05 Å². The van der Waals surface area contributed by atoms with Gasteiger partial charge in [0.1, 0.15) is 0 Å². The molecule has 0 atom stereocenters. The van der Waals surface area contributed by atoms with Crippen LogP contribution >= 0.6 is 27.3 Å². The summed E-state index contributed by atoms with van der Waals surface area (Å²) in [6.07, 6.45) is -0.277. The second-order valence-electron chi connectivity index (χ2n) is 3.50. The smallest absolute Gasteiger partial charge is 0.308 e. The molecule has 0 saturated carbocycles. The quantitative estimate of drug-likeness (QED) is 0.907. The molecule has 5 nitrogen and oxygen atoms in total. The molecule has 0 bridgehead atoms. The highest BCUT2D eigenvalue weighted by Crippen LogP contribution is 2.31. The minimum atomic E-state index is -1.02. The van der Waals surface area contributed by atoms with Crippen LogP contribution < -0.4 is 5.56 Å². The molecule has 2 heterocycles. The maximum absolute atomic E-state index is 11.8. The number of aromatic nitrogens is 2. The van der Waals surface area contributed by atoms with Gasteiger partial charge in [-0.3, -0.25) is 19.4 Å². The first-order valence-corrected chi connectivity index (χ1v) is 6.35. The van der Waals surface area contributed by atoms with Crippen LogP contribution in [0.25, 0.3) is 10.6 Å². The molecule has 7 heteroatoms. The highest BCUT2D eigenvalue weighted by Gasteiger charge is 2.17. The number of hydrogen-bond donors (Lipinski definition) is 2. The van der Waals surface area contributed by atoms with E-state index < -0.39 is 5.97 Å². The molecule has 17 heavy (non-hydrogen) atoms. The van der Waals surface area contributed by atoms with Gasteiger partial charge in [0.2, 0.25) is 0 Å². The van der Waals surface area contributed by atoms with Crippen LogP contribution in [0.1, 0.15) is 5.56 Å². The zero-order valence-corrected chi connectivity index (χ0v) is 11.3. The Hall–Kier alpha value is -1.34. The Balaban J connectivity index is 2.57.